The van der Waals surface area contributed by atoms with Crippen molar-refractivity contribution in [3.63, 3.8) is 0 Å². The van der Waals surface area contributed by atoms with Crippen LogP contribution in [0, 0.1) is 5.92 Å². The van der Waals surface area contributed by atoms with Crippen molar-refractivity contribution in [2.24, 2.45) is 5.92 Å². The number of aromatic nitrogens is 3. The molecule has 2 aromatic carbocycles. The number of carbonyl (C=O) groups is 1. The monoisotopic (exact) mass is 453 g/mol. The van der Waals surface area contributed by atoms with Gasteiger partial charge in [-0.3, -0.25) is 9.78 Å². The van der Waals surface area contributed by atoms with Gasteiger partial charge >= 0.3 is 6.01 Å². The summed E-state index contributed by atoms with van der Waals surface area (Å²) in [5.74, 6) is 0.877. The molecule has 1 amide bonds. The average Bonchev–Trinajstić information content (AvgIpc) is 3.05. The van der Waals surface area contributed by atoms with E-state index in [0.29, 0.717) is 30.3 Å². The fourth-order valence-electron chi connectivity index (χ4n) is 4.57. The van der Waals surface area contributed by atoms with Gasteiger partial charge in [0.2, 0.25) is 0 Å². The van der Waals surface area contributed by atoms with Crippen LogP contribution in [0.25, 0.3) is 10.9 Å². The van der Waals surface area contributed by atoms with Gasteiger partial charge in [-0.15, -0.1) is 0 Å². The first kappa shape index (κ1) is 22.0. The minimum absolute atomic E-state index is 0.0133. The molecule has 1 aliphatic rings. The molecule has 0 aliphatic carbocycles. The van der Waals surface area contributed by atoms with Gasteiger partial charge in [-0.2, -0.15) is 0 Å². The van der Waals surface area contributed by atoms with Crippen molar-refractivity contribution in [1.29, 1.82) is 0 Å². The van der Waals surface area contributed by atoms with Crippen molar-refractivity contribution in [1.82, 2.24) is 24.8 Å². The van der Waals surface area contributed by atoms with Gasteiger partial charge in [0.15, 0.2) is 0 Å². The minimum atomic E-state index is 0.0133. The van der Waals surface area contributed by atoms with Crippen LogP contribution in [0.2, 0.25) is 0 Å². The van der Waals surface area contributed by atoms with E-state index in [1.54, 1.807) is 30.6 Å². The van der Waals surface area contributed by atoms with Crippen LogP contribution in [0.4, 0.5) is 0 Å². The van der Waals surface area contributed by atoms with E-state index >= 15 is 0 Å². The van der Waals surface area contributed by atoms with Crippen LogP contribution in [-0.4, -0.2) is 63.9 Å². The van der Waals surface area contributed by atoms with Crippen molar-refractivity contribution < 1.29 is 9.53 Å². The lowest BCUT2D eigenvalue weighted by atomic mass is 9.95. The molecule has 5 rings (SSSR count). The Balaban J connectivity index is 1.34. The number of rotatable bonds is 5. The van der Waals surface area contributed by atoms with Crippen molar-refractivity contribution >= 4 is 16.8 Å². The SMILES string of the molecule is CN1CCN(C(=O)c2cccc(Oc3ncccn3)c2)CC(Cc2cccc3ncccc23)C1. The maximum absolute atomic E-state index is 13.5. The number of likely N-dealkylation sites (N-methyl/N-ethyl adjacent to an activating group) is 1. The number of amides is 1. The van der Waals surface area contributed by atoms with Crippen molar-refractivity contribution in [3.8, 4) is 11.8 Å². The maximum atomic E-state index is 13.5. The molecular weight excluding hydrogens is 426 g/mol. The summed E-state index contributed by atoms with van der Waals surface area (Å²) < 4.78 is 5.73. The first-order valence-electron chi connectivity index (χ1n) is 11.5. The third-order valence-electron chi connectivity index (χ3n) is 6.16. The zero-order valence-electron chi connectivity index (χ0n) is 19.2. The second-order valence-electron chi connectivity index (χ2n) is 8.73. The Labute approximate surface area is 199 Å². The second kappa shape index (κ2) is 9.97. The normalized spacial score (nSPS) is 16.9. The third kappa shape index (κ3) is 5.05. The van der Waals surface area contributed by atoms with Crippen LogP contribution >= 0.6 is 0 Å². The zero-order valence-corrected chi connectivity index (χ0v) is 19.2. The van der Waals surface area contributed by atoms with E-state index in [1.165, 1.54) is 10.9 Å². The van der Waals surface area contributed by atoms with Gasteiger partial charge in [0.25, 0.3) is 5.91 Å². The highest BCUT2D eigenvalue weighted by Gasteiger charge is 2.26. The first-order chi connectivity index (χ1) is 16.7. The number of nitrogens with zero attached hydrogens (tertiary/aromatic N) is 5. The molecule has 1 atom stereocenters. The molecule has 7 nitrogen and oxygen atoms in total. The van der Waals surface area contributed by atoms with Crippen molar-refractivity contribution in [3.05, 3.63) is 90.4 Å². The fourth-order valence-corrected chi connectivity index (χ4v) is 4.57. The number of pyridine rings is 1. The standard InChI is InChI=1S/C27H27N5O2/c1-31-14-15-32(19-20(18-31)16-21-6-3-10-25-24(21)9-4-11-28-25)26(33)22-7-2-8-23(17-22)34-27-29-12-5-13-30-27/h2-13,17,20H,14-16,18-19H2,1H3. The molecule has 3 heterocycles. The minimum Gasteiger partial charge on any atom is -0.424 e. The van der Waals surface area contributed by atoms with Crippen LogP contribution in [0.15, 0.2) is 79.3 Å². The summed E-state index contributed by atoms with van der Waals surface area (Å²) in [7, 11) is 2.12. The van der Waals surface area contributed by atoms with Crippen LogP contribution in [0.1, 0.15) is 15.9 Å². The van der Waals surface area contributed by atoms with Crippen molar-refractivity contribution in [2.45, 2.75) is 6.42 Å². The summed E-state index contributed by atoms with van der Waals surface area (Å²) in [6.45, 7) is 3.17. The molecule has 1 unspecified atom stereocenters. The van der Waals surface area contributed by atoms with E-state index in [4.69, 9.17) is 4.74 Å². The number of carbonyl (C=O) groups excluding carboxylic acids is 1. The summed E-state index contributed by atoms with van der Waals surface area (Å²) in [6.07, 6.45) is 5.97. The van der Waals surface area contributed by atoms with Crippen molar-refractivity contribution in [2.75, 3.05) is 33.2 Å². The molecule has 0 bridgehead atoms. The number of fused-ring (bicyclic) bond motifs is 1. The summed E-state index contributed by atoms with van der Waals surface area (Å²) in [5.41, 5.74) is 2.89. The molecule has 34 heavy (non-hydrogen) atoms. The van der Waals surface area contributed by atoms with E-state index in [0.717, 1.165) is 25.0 Å². The molecule has 0 radical (unpaired) electrons. The Kier molecular flexibility index (Phi) is 6.44. The molecule has 0 spiro atoms. The molecule has 172 valence electrons. The van der Waals surface area contributed by atoms with E-state index < -0.39 is 0 Å². The molecule has 0 saturated carbocycles. The van der Waals surface area contributed by atoms with Gasteiger partial charge in [0.05, 0.1) is 5.52 Å². The maximum Gasteiger partial charge on any atom is 0.321 e. The lowest BCUT2D eigenvalue weighted by Gasteiger charge is -2.25. The van der Waals surface area contributed by atoms with Gasteiger partial charge in [0, 0.05) is 55.7 Å². The Morgan fingerprint density at radius 1 is 0.941 bits per heavy atom. The van der Waals surface area contributed by atoms with Gasteiger partial charge < -0.3 is 14.5 Å². The predicted molar refractivity (Wildman–Crippen MR) is 131 cm³/mol. The highest BCUT2D eigenvalue weighted by Crippen LogP contribution is 2.24. The topological polar surface area (TPSA) is 71.5 Å². The lowest BCUT2D eigenvalue weighted by Crippen LogP contribution is -2.36. The third-order valence-corrected chi connectivity index (χ3v) is 6.16. The molecule has 7 heteroatoms. The largest absolute Gasteiger partial charge is 0.424 e. The van der Waals surface area contributed by atoms with E-state index in [-0.39, 0.29) is 11.9 Å². The molecule has 1 aliphatic heterocycles. The molecule has 0 N–H and O–H groups in total. The molecule has 1 fully saturated rings. The zero-order chi connectivity index (χ0) is 23.3. The Bertz CT molecular complexity index is 1280. The predicted octanol–water partition coefficient (Wildman–Crippen LogP) is 4.06. The quantitative estimate of drug-likeness (QED) is 0.454. The van der Waals surface area contributed by atoms with Gasteiger partial charge in [-0.1, -0.05) is 24.3 Å². The number of ether oxygens (including phenoxy) is 1. The highest BCUT2D eigenvalue weighted by molar-refractivity contribution is 5.94. The van der Waals surface area contributed by atoms with E-state index in [2.05, 4.69) is 45.1 Å². The van der Waals surface area contributed by atoms with Crippen LogP contribution in [0.5, 0.6) is 11.8 Å². The number of benzene rings is 2. The fraction of sp³-hybridized carbons (Fsp3) is 0.259. The van der Waals surface area contributed by atoms with Crippen LogP contribution in [0.3, 0.4) is 0 Å². The second-order valence-corrected chi connectivity index (χ2v) is 8.73. The van der Waals surface area contributed by atoms with Gasteiger partial charge in [-0.05, 0) is 61.3 Å². The first-order valence-corrected chi connectivity index (χ1v) is 11.5. The molecule has 4 aromatic rings. The summed E-state index contributed by atoms with van der Waals surface area (Å²) >= 11 is 0. The average molecular weight is 454 g/mol. The number of hydrogen-bond acceptors (Lipinski definition) is 6. The smallest absolute Gasteiger partial charge is 0.321 e. The summed E-state index contributed by atoms with van der Waals surface area (Å²) in [5, 5.41) is 1.18. The molecular formula is C27H27N5O2. The van der Waals surface area contributed by atoms with Crippen LogP contribution in [-0.2, 0) is 6.42 Å². The summed E-state index contributed by atoms with van der Waals surface area (Å²) in [4.78, 5) is 30.4. The number of hydrogen-bond donors (Lipinski definition) is 0. The molecule has 2 aromatic heterocycles. The van der Waals surface area contributed by atoms with Gasteiger partial charge in [0.1, 0.15) is 5.75 Å². The van der Waals surface area contributed by atoms with E-state index in [9.17, 15) is 4.79 Å². The Hall–Kier alpha value is -3.84. The van der Waals surface area contributed by atoms with Gasteiger partial charge in [-0.25, -0.2) is 9.97 Å². The Morgan fingerprint density at radius 2 is 1.76 bits per heavy atom. The van der Waals surface area contributed by atoms with Crippen LogP contribution < -0.4 is 4.74 Å². The van der Waals surface area contributed by atoms with E-state index in [1.807, 2.05) is 35.4 Å². The lowest BCUT2D eigenvalue weighted by molar-refractivity contribution is 0.0746. The highest BCUT2D eigenvalue weighted by atomic mass is 16.5. The summed E-state index contributed by atoms with van der Waals surface area (Å²) in [6, 6.07) is 19.6. The Morgan fingerprint density at radius 3 is 2.65 bits per heavy atom. The molecule has 1 saturated heterocycles.